The molecule has 0 bridgehead atoms. The molecule has 1 N–H and O–H groups in total. The smallest absolute Gasteiger partial charge is 0.128 e. The minimum Gasteiger partial charge on any atom is -0.497 e. The Balaban J connectivity index is 1.94. The molecule has 19 heavy (non-hydrogen) atoms. The number of hydrogen-bond donors (Lipinski definition) is 1. The molecule has 0 amide bonds. The maximum absolute atomic E-state index is 10.5. The highest BCUT2D eigenvalue weighted by molar-refractivity contribution is 5.45. The molecule has 2 atom stereocenters. The Kier molecular flexibility index (Phi) is 3.13. The molecule has 0 aromatic heterocycles. The van der Waals surface area contributed by atoms with Crippen LogP contribution in [0.25, 0.3) is 0 Å². The summed E-state index contributed by atoms with van der Waals surface area (Å²) in [6.07, 6.45) is -0.544. The van der Waals surface area contributed by atoms with Crippen molar-refractivity contribution in [2.45, 2.75) is 12.0 Å². The summed E-state index contributed by atoms with van der Waals surface area (Å²) >= 11 is 0. The average Bonchev–Trinajstić information content (AvgIpc) is 2.48. The van der Waals surface area contributed by atoms with Crippen LogP contribution in [0.15, 0.2) is 48.5 Å². The lowest BCUT2D eigenvalue weighted by Crippen LogP contribution is -2.24. The van der Waals surface area contributed by atoms with Gasteiger partial charge in [-0.3, -0.25) is 0 Å². The van der Waals surface area contributed by atoms with E-state index >= 15 is 0 Å². The third-order valence-corrected chi connectivity index (χ3v) is 3.57. The van der Waals surface area contributed by atoms with Crippen LogP contribution in [0, 0.1) is 0 Å². The summed E-state index contributed by atoms with van der Waals surface area (Å²) in [6.45, 7) is 0.478. The SMILES string of the molecule is COc1ccc2c(c1)OC[C@H](c1ccccc1)[C@@H]2O. The largest absolute Gasteiger partial charge is 0.497 e. The van der Waals surface area contributed by atoms with Gasteiger partial charge < -0.3 is 14.6 Å². The molecular weight excluding hydrogens is 240 g/mol. The first kappa shape index (κ1) is 12.1. The van der Waals surface area contributed by atoms with E-state index in [2.05, 4.69) is 0 Å². The molecule has 1 heterocycles. The molecule has 2 aromatic rings. The molecule has 0 saturated carbocycles. The topological polar surface area (TPSA) is 38.7 Å². The number of aliphatic hydroxyl groups excluding tert-OH is 1. The molecule has 1 aliphatic rings. The van der Waals surface area contributed by atoms with Crippen molar-refractivity contribution in [2.24, 2.45) is 0 Å². The van der Waals surface area contributed by atoms with Gasteiger partial charge in [0.25, 0.3) is 0 Å². The zero-order valence-corrected chi connectivity index (χ0v) is 10.7. The fraction of sp³-hybridized carbons (Fsp3) is 0.250. The van der Waals surface area contributed by atoms with E-state index in [9.17, 15) is 5.11 Å². The van der Waals surface area contributed by atoms with Crippen molar-refractivity contribution >= 4 is 0 Å². The molecule has 3 nitrogen and oxygen atoms in total. The predicted octanol–water partition coefficient (Wildman–Crippen LogP) is 2.90. The van der Waals surface area contributed by atoms with Gasteiger partial charge in [-0.25, -0.2) is 0 Å². The summed E-state index contributed by atoms with van der Waals surface area (Å²) in [7, 11) is 1.62. The first-order valence-electron chi connectivity index (χ1n) is 6.33. The lowest BCUT2D eigenvalue weighted by Gasteiger charge is -2.30. The van der Waals surface area contributed by atoms with E-state index in [1.807, 2.05) is 48.5 Å². The van der Waals surface area contributed by atoms with E-state index in [4.69, 9.17) is 9.47 Å². The minimum absolute atomic E-state index is 0.0258. The van der Waals surface area contributed by atoms with Gasteiger partial charge in [-0.2, -0.15) is 0 Å². The Morgan fingerprint density at radius 2 is 1.95 bits per heavy atom. The standard InChI is InChI=1S/C16H16O3/c1-18-12-7-8-13-15(9-12)19-10-14(16(13)17)11-5-3-2-4-6-11/h2-9,14,16-17H,10H2,1H3/t14-,16-/m1/s1. The van der Waals surface area contributed by atoms with Gasteiger partial charge in [-0.15, -0.1) is 0 Å². The van der Waals surface area contributed by atoms with Gasteiger partial charge in [0.15, 0.2) is 0 Å². The molecule has 0 saturated heterocycles. The van der Waals surface area contributed by atoms with Crippen molar-refractivity contribution in [3.63, 3.8) is 0 Å². The van der Waals surface area contributed by atoms with E-state index in [1.165, 1.54) is 0 Å². The predicted molar refractivity (Wildman–Crippen MR) is 72.6 cm³/mol. The lowest BCUT2D eigenvalue weighted by atomic mass is 9.87. The number of methoxy groups -OCH3 is 1. The molecule has 0 unspecified atom stereocenters. The Hall–Kier alpha value is -2.00. The van der Waals surface area contributed by atoms with Gasteiger partial charge in [0.1, 0.15) is 11.5 Å². The fourth-order valence-electron chi connectivity index (χ4n) is 2.48. The number of ether oxygens (including phenoxy) is 2. The summed E-state index contributed by atoms with van der Waals surface area (Å²) in [5.41, 5.74) is 1.91. The monoisotopic (exact) mass is 256 g/mol. The van der Waals surface area contributed by atoms with Gasteiger partial charge in [-0.1, -0.05) is 30.3 Å². The van der Waals surface area contributed by atoms with Crippen molar-refractivity contribution in [1.29, 1.82) is 0 Å². The molecule has 2 aromatic carbocycles. The van der Waals surface area contributed by atoms with Crippen LogP contribution in [-0.2, 0) is 0 Å². The van der Waals surface area contributed by atoms with Crippen molar-refractivity contribution in [1.82, 2.24) is 0 Å². The Morgan fingerprint density at radius 3 is 2.68 bits per heavy atom. The summed E-state index contributed by atoms with van der Waals surface area (Å²) in [4.78, 5) is 0. The Morgan fingerprint density at radius 1 is 1.16 bits per heavy atom. The summed E-state index contributed by atoms with van der Waals surface area (Å²) in [5.74, 6) is 1.42. The van der Waals surface area contributed by atoms with Crippen molar-refractivity contribution < 1.29 is 14.6 Å². The fourth-order valence-corrected chi connectivity index (χ4v) is 2.48. The number of benzene rings is 2. The van der Waals surface area contributed by atoms with Crippen LogP contribution in [-0.4, -0.2) is 18.8 Å². The van der Waals surface area contributed by atoms with Crippen molar-refractivity contribution in [2.75, 3.05) is 13.7 Å². The van der Waals surface area contributed by atoms with Crippen molar-refractivity contribution in [3.05, 3.63) is 59.7 Å². The molecule has 3 rings (SSSR count). The molecule has 0 spiro atoms. The zero-order chi connectivity index (χ0) is 13.2. The quantitative estimate of drug-likeness (QED) is 0.898. The van der Waals surface area contributed by atoms with Gasteiger partial charge >= 0.3 is 0 Å². The zero-order valence-electron chi connectivity index (χ0n) is 10.7. The van der Waals surface area contributed by atoms with Crippen LogP contribution >= 0.6 is 0 Å². The first-order valence-corrected chi connectivity index (χ1v) is 6.33. The highest BCUT2D eigenvalue weighted by atomic mass is 16.5. The Bertz CT molecular complexity index is 565. The van der Waals surface area contributed by atoms with Gasteiger partial charge in [-0.05, 0) is 17.7 Å². The van der Waals surface area contributed by atoms with Crippen LogP contribution in [0.3, 0.4) is 0 Å². The van der Waals surface area contributed by atoms with E-state index in [0.29, 0.717) is 12.4 Å². The molecule has 1 aliphatic heterocycles. The van der Waals surface area contributed by atoms with Gasteiger partial charge in [0, 0.05) is 17.5 Å². The number of fused-ring (bicyclic) bond motifs is 1. The third kappa shape index (κ3) is 2.17. The number of aliphatic hydroxyl groups is 1. The van der Waals surface area contributed by atoms with Gasteiger partial charge in [0.05, 0.1) is 19.8 Å². The second kappa shape index (κ2) is 4.94. The number of rotatable bonds is 2. The maximum atomic E-state index is 10.5. The molecule has 3 heteroatoms. The van der Waals surface area contributed by atoms with Crippen LogP contribution in [0.2, 0.25) is 0 Å². The second-order valence-electron chi connectivity index (χ2n) is 4.68. The maximum Gasteiger partial charge on any atom is 0.128 e. The Labute approximate surface area is 112 Å². The highest BCUT2D eigenvalue weighted by Gasteiger charge is 2.30. The number of hydrogen-bond acceptors (Lipinski definition) is 3. The van der Waals surface area contributed by atoms with E-state index in [-0.39, 0.29) is 5.92 Å². The van der Waals surface area contributed by atoms with Gasteiger partial charge in [0.2, 0.25) is 0 Å². The van der Waals surface area contributed by atoms with E-state index in [0.717, 1.165) is 16.9 Å². The highest BCUT2D eigenvalue weighted by Crippen LogP contribution is 2.41. The average molecular weight is 256 g/mol. The van der Waals surface area contributed by atoms with Crippen LogP contribution in [0.1, 0.15) is 23.1 Å². The van der Waals surface area contributed by atoms with Crippen LogP contribution in [0.5, 0.6) is 11.5 Å². The van der Waals surface area contributed by atoms with E-state index < -0.39 is 6.10 Å². The van der Waals surface area contributed by atoms with E-state index in [1.54, 1.807) is 7.11 Å². The lowest BCUT2D eigenvalue weighted by molar-refractivity contribution is 0.0887. The first-order chi connectivity index (χ1) is 9.29. The third-order valence-electron chi connectivity index (χ3n) is 3.57. The normalized spacial score (nSPS) is 21.4. The summed E-state index contributed by atoms with van der Waals surface area (Å²) < 4.78 is 10.9. The minimum atomic E-state index is -0.544. The molecular formula is C16H16O3. The van der Waals surface area contributed by atoms with Crippen molar-refractivity contribution in [3.8, 4) is 11.5 Å². The second-order valence-corrected chi connectivity index (χ2v) is 4.68. The molecule has 0 radical (unpaired) electrons. The molecule has 0 aliphatic carbocycles. The molecule has 0 fully saturated rings. The van der Waals surface area contributed by atoms with Crippen LogP contribution in [0.4, 0.5) is 0 Å². The van der Waals surface area contributed by atoms with Crippen LogP contribution < -0.4 is 9.47 Å². The summed E-state index contributed by atoms with van der Waals surface area (Å²) in [6, 6.07) is 15.5. The molecule has 98 valence electrons. The summed E-state index contributed by atoms with van der Waals surface area (Å²) in [5, 5.41) is 10.5.